The molecule has 15 heavy (non-hydrogen) atoms. The van der Waals surface area contributed by atoms with Gasteiger partial charge in [-0.1, -0.05) is 19.3 Å². The van der Waals surface area contributed by atoms with E-state index in [1.807, 2.05) is 0 Å². The quantitative estimate of drug-likeness (QED) is 0.594. The van der Waals surface area contributed by atoms with Crippen molar-refractivity contribution in [3.63, 3.8) is 0 Å². The third-order valence-electron chi connectivity index (χ3n) is 3.75. The van der Waals surface area contributed by atoms with Gasteiger partial charge in [0.25, 0.3) is 0 Å². The Balaban J connectivity index is 1.73. The van der Waals surface area contributed by atoms with Gasteiger partial charge in [0, 0.05) is 19.0 Å². The van der Waals surface area contributed by atoms with E-state index >= 15 is 0 Å². The van der Waals surface area contributed by atoms with Gasteiger partial charge in [-0.2, -0.15) is 0 Å². The van der Waals surface area contributed by atoms with Crippen LogP contribution in [-0.2, 0) is 4.74 Å². The molecule has 2 aliphatic rings. The molecular formula is C12H22ClNO. The van der Waals surface area contributed by atoms with Crippen LogP contribution in [-0.4, -0.2) is 30.7 Å². The zero-order valence-electron chi connectivity index (χ0n) is 9.43. The van der Waals surface area contributed by atoms with Crippen LogP contribution < -0.4 is 5.32 Å². The summed E-state index contributed by atoms with van der Waals surface area (Å²) in [5, 5.41) is 3.34. The third-order valence-corrected chi connectivity index (χ3v) is 3.94. The summed E-state index contributed by atoms with van der Waals surface area (Å²) >= 11 is 5.63. The highest BCUT2D eigenvalue weighted by atomic mass is 35.5. The molecule has 88 valence electrons. The summed E-state index contributed by atoms with van der Waals surface area (Å²) in [5.41, 5.74) is 0.269. The van der Waals surface area contributed by atoms with Crippen LogP contribution in [0.15, 0.2) is 0 Å². The monoisotopic (exact) mass is 231 g/mol. The summed E-state index contributed by atoms with van der Waals surface area (Å²) in [4.78, 5) is 0. The maximum absolute atomic E-state index is 6.23. The van der Waals surface area contributed by atoms with E-state index in [0.29, 0.717) is 12.0 Å². The van der Waals surface area contributed by atoms with E-state index < -0.39 is 0 Å². The Labute approximate surface area is 97.7 Å². The molecule has 0 radical (unpaired) electrons. The van der Waals surface area contributed by atoms with E-state index in [1.165, 1.54) is 44.9 Å². The third kappa shape index (κ3) is 3.08. The Kier molecular flexibility index (Phi) is 4.30. The van der Waals surface area contributed by atoms with Crippen LogP contribution >= 0.6 is 11.6 Å². The first kappa shape index (κ1) is 11.7. The fourth-order valence-electron chi connectivity index (χ4n) is 2.93. The second-order valence-corrected chi connectivity index (χ2v) is 5.29. The van der Waals surface area contributed by atoms with Crippen molar-refractivity contribution in [1.82, 2.24) is 5.32 Å². The summed E-state index contributed by atoms with van der Waals surface area (Å²) in [6, 6.07) is 0. The largest absolute Gasteiger partial charge is 0.370 e. The molecule has 1 atom stereocenters. The van der Waals surface area contributed by atoms with Gasteiger partial charge in [-0.15, -0.1) is 11.6 Å². The molecule has 2 nitrogen and oxygen atoms in total. The Morgan fingerprint density at radius 1 is 1.20 bits per heavy atom. The number of halogens is 1. The molecule has 0 aromatic carbocycles. The fourth-order valence-corrected chi connectivity index (χ4v) is 3.07. The van der Waals surface area contributed by atoms with Crippen LogP contribution in [0, 0.1) is 0 Å². The van der Waals surface area contributed by atoms with Crippen molar-refractivity contribution < 1.29 is 4.74 Å². The maximum atomic E-state index is 6.23. The summed E-state index contributed by atoms with van der Waals surface area (Å²) in [7, 11) is 0. The summed E-state index contributed by atoms with van der Waals surface area (Å²) < 4.78 is 6.23. The standard InChI is InChI=1S/C12H22ClNO/c13-8-9-14-10-11-4-7-12(15-11)5-2-1-3-6-12/h11,14H,1-10H2. The number of rotatable bonds is 4. The molecule has 0 amide bonds. The molecule has 0 aromatic heterocycles. The molecule has 2 fully saturated rings. The smallest absolute Gasteiger partial charge is 0.0708 e. The molecule has 1 saturated carbocycles. The van der Waals surface area contributed by atoms with Gasteiger partial charge in [0.05, 0.1) is 11.7 Å². The number of ether oxygens (including phenoxy) is 1. The van der Waals surface area contributed by atoms with Gasteiger partial charge in [0.1, 0.15) is 0 Å². The first-order valence-corrected chi connectivity index (χ1v) is 6.83. The Bertz CT molecular complexity index is 190. The average Bonchev–Trinajstić information content (AvgIpc) is 2.63. The average molecular weight is 232 g/mol. The predicted molar refractivity (Wildman–Crippen MR) is 63.5 cm³/mol. The fraction of sp³-hybridized carbons (Fsp3) is 1.00. The predicted octanol–water partition coefficient (Wildman–Crippen LogP) is 2.70. The molecule has 3 heteroatoms. The van der Waals surface area contributed by atoms with Crippen LogP contribution in [0.5, 0.6) is 0 Å². The molecule has 0 aromatic rings. The second kappa shape index (κ2) is 5.51. The summed E-state index contributed by atoms with van der Waals surface area (Å²) in [6.45, 7) is 1.88. The summed E-state index contributed by atoms with van der Waals surface area (Å²) in [5.74, 6) is 0.692. The van der Waals surface area contributed by atoms with Crippen LogP contribution in [0.3, 0.4) is 0 Å². The lowest BCUT2D eigenvalue weighted by Gasteiger charge is -2.33. The van der Waals surface area contributed by atoms with Crippen LogP contribution in [0.2, 0.25) is 0 Å². The molecule has 1 N–H and O–H groups in total. The molecule has 0 bridgehead atoms. The van der Waals surface area contributed by atoms with Crippen molar-refractivity contribution in [2.45, 2.75) is 56.7 Å². The van der Waals surface area contributed by atoms with Gasteiger partial charge in [-0.05, 0) is 25.7 Å². The van der Waals surface area contributed by atoms with Crippen molar-refractivity contribution >= 4 is 11.6 Å². The topological polar surface area (TPSA) is 21.3 Å². The minimum Gasteiger partial charge on any atom is -0.370 e. The minimum absolute atomic E-state index is 0.269. The van der Waals surface area contributed by atoms with Gasteiger partial charge in [-0.25, -0.2) is 0 Å². The highest BCUT2D eigenvalue weighted by molar-refractivity contribution is 6.18. The van der Waals surface area contributed by atoms with Gasteiger partial charge >= 0.3 is 0 Å². The SMILES string of the molecule is ClCCNCC1CCC2(CCCCC2)O1. The molecule has 1 heterocycles. The number of hydrogen-bond donors (Lipinski definition) is 1. The molecule has 1 aliphatic heterocycles. The van der Waals surface area contributed by atoms with Crippen LogP contribution in [0.25, 0.3) is 0 Å². The lowest BCUT2D eigenvalue weighted by atomic mass is 9.83. The lowest BCUT2D eigenvalue weighted by molar-refractivity contribution is -0.0621. The molecule has 1 spiro atoms. The van der Waals surface area contributed by atoms with Gasteiger partial charge in [0.15, 0.2) is 0 Å². The molecule has 1 saturated heterocycles. The lowest BCUT2D eigenvalue weighted by Crippen LogP contribution is -2.35. The Morgan fingerprint density at radius 3 is 2.73 bits per heavy atom. The van der Waals surface area contributed by atoms with Crippen LogP contribution in [0.1, 0.15) is 44.9 Å². The van der Waals surface area contributed by atoms with Crippen molar-refractivity contribution in [2.75, 3.05) is 19.0 Å². The second-order valence-electron chi connectivity index (χ2n) is 4.92. The van der Waals surface area contributed by atoms with Gasteiger partial charge in [-0.3, -0.25) is 0 Å². The number of nitrogens with one attached hydrogen (secondary N) is 1. The zero-order valence-corrected chi connectivity index (χ0v) is 10.2. The Hall–Kier alpha value is 0.210. The molecular weight excluding hydrogens is 210 g/mol. The van der Waals surface area contributed by atoms with Crippen molar-refractivity contribution in [1.29, 1.82) is 0 Å². The van der Waals surface area contributed by atoms with Crippen LogP contribution in [0.4, 0.5) is 0 Å². The van der Waals surface area contributed by atoms with Crippen molar-refractivity contribution in [3.8, 4) is 0 Å². The highest BCUT2D eigenvalue weighted by Gasteiger charge is 2.40. The minimum atomic E-state index is 0.269. The van der Waals surface area contributed by atoms with Crippen molar-refractivity contribution in [3.05, 3.63) is 0 Å². The summed E-state index contributed by atoms with van der Waals surface area (Å²) in [6.07, 6.45) is 9.66. The zero-order chi connectivity index (χ0) is 10.6. The van der Waals surface area contributed by atoms with E-state index in [-0.39, 0.29) is 5.60 Å². The first-order valence-electron chi connectivity index (χ1n) is 6.29. The van der Waals surface area contributed by atoms with Gasteiger partial charge in [0.2, 0.25) is 0 Å². The van der Waals surface area contributed by atoms with Gasteiger partial charge < -0.3 is 10.1 Å². The Morgan fingerprint density at radius 2 is 2.00 bits per heavy atom. The molecule has 2 rings (SSSR count). The number of hydrogen-bond acceptors (Lipinski definition) is 2. The molecule has 1 aliphatic carbocycles. The van der Waals surface area contributed by atoms with E-state index in [4.69, 9.17) is 16.3 Å². The first-order chi connectivity index (χ1) is 7.35. The van der Waals surface area contributed by atoms with E-state index in [2.05, 4.69) is 5.32 Å². The van der Waals surface area contributed by atoms with E-state index in [0.717, 1.165) is 13.1 Å². The van der Waals surface area contributed by atoms with Crippen molar-refractivity contribution in [2.24, 2.45) is 0 Å². The normalized spacial score (nSPS) is 29.8. The van der Waals surface area contributed by atoms with E-state index in [9.17, 15) is 0 Å². The highest BCUT2D eigenvalue weighted by Crippen LogP contribution is 2.41. The maximum Gasteiger partial charge on any atom is 0.0708 e. The van der Waals surface area contributed by atoms with E-state index in [1.54, 1.807) is 0 Å². The molecule has 1 unspecified atom stereocenters. The number of alkyl halides is 1.